The van der Waals surface area contributed by atoms with E-state index >= 15 is 0 Å². The molecule has 20 heavy (non-hydrogen) atoms. The van der Waals surface area contributed by atoms with Gasteiger partial charge < -0.3 is 9.88 Å². The van der Waals surface area contributed by atoms with E-state index in [1.807, 2.05) is 6.33 Å². The Morgan fingerprint density at radius 1 is 1.30 bits per heavy atom. The lowest BCUT2D eigenvalue weighted by molar-refractivity contribution is 0.342. The van der Waals surface area contributed by atoms with Crippen LogP contribution in [-0.2, 0) is 16.3 Å². The van der Waals surface area contributed by atoms with Crippen molar-refractivity contribution in [2.75, 3.05) is 18.1 Å². The Labute approximate surface area is 119 Å². The highest BCUT2D eigenvalue weighted by Crippen LogP contribution is 2.28. The predicted molar refractivity (Wildman–Crippen MR) is 76.3 cm³/mol. The SMILES string of the molecule is O=S1(=O)CCNC(Cc2nncn2C2CCCCC2)C1. The largest absolute Gasteiger partial charge is 0.314 e. The van der Waals surface area contributed by atoms with Crippen LogP contribution < -0.4 is 5.32 Å². The zero-order valence-electron chi connectivity index (χ0n) is 11.7. The van der Waals surface area contributed by atoms with Gasteiger partial charge in [0.2, 0.25) is 0 Å². The van der Waals surface area contributed by atoms with Crippen molar-refractivity contribution in [1.82, 2.24) is 20.1 Å². The smallest absolute Gasteiger partial charge is 0.153 e. The van der Waals surface area contributed by atoms with Crippen LogP contribution in [0.25, 0.3) is 0 Å². The minimum atomic E-state index is -2.89. The molecule has 1 aliphatic heterocycles. The van der Waals surface area contributed by atoms with Gasteiger partial charge in [-0.25, -0.2) is 8.42 Å². The molecule has 2 heterocycles. The van der Waals surface area contributed by atoms with Gasteiger partial charge in [0.1, 0.15) is 12.2 Å². The number of nitrogens with zero attached hydrogens (tertiary/aromatic N) is 3. The van der Waals surface area contributed by atoms with Crippen molar-refractivity contribution in [2.24, 2.45) is 0 Å². The monoisotopic (exact) mass is 298 g/mol. The lowest BCUT2D eigenvalue weighted by atomic mass is 9.95. The molecule has 1 saturated heterocycles. The second-order valence-electron chi connectivity index (χ2n) is 5.92. The topological polar surface area (TPSA) is 76.9 Å². The van der Waals surface area contributed by atoms with Gasteiger partial charge in [0, 0.05) is 25.0 Å². The molecule has 2 fully saturated rings. The first-order valence-corrected chi connectivity index (χ1v) is 9.28. The molecule has 1 atom stereocenters. The molecule has 3 rings (SSSR count). The molecule has 0 spiro atoms. The van der Waals surface area contributed by atoms with Gasteiger partial charge in [0.15, 0.2) is 9.84 Å². The van der Waals surface area contributed by atoms with Crippen LogP contribution in [0.5, 0.6) is 0 Å². The fourth-order valence-electron chi connectivity index (χ4n) is 3.30. The van der Waals surface area contributed by atoms with Crippen LogP contribution in [0.15, 0.2) is 6.33 Å². The van der Waals surface area contributed by atoms with Gasteiger partial charge in [0.05, 0.1) is 11.5 Å². The first-order valence-electron chi connectivity index (χ1n) is 7.46. The molecule has 1 unspecified atom stereocenters. The molecule has 1 N–H and O–H groups in total. The van der Waals surface area contributed by atoms with E-state index < -0.39 is 9.84 Å². The molecule has 1 aromatic heterocycles. The fourth-order valence-corrected chi connectivity index (χ4v) is 4.74. The highest BCUT2D eigenvalue weighted by atomic mass is 32.2. The zero-order chi connectivity index (χ0) is 14.0. The molecule has 112 valence electrons. The Bertz CT molecular complexity index is 548. The third kappa shape index (κ3) is 3.20. The molecule has 0 radical (unpaired) electrons. The van der Waals surface area contributed by atoms with E-state index in [1.54, 1.807) is 0 Å². The van der Waals surface area contributed by atoms with Gasteiger partial charge in [-0.05, 0) is 12.8 Å². The molecule has 0 aromatic carbocycles. The van der Waals surface area contributed by atoms with Gasteiger partial charge in [0.25, 0.3) is 0 Å². The van der Waals surface area contributed by atoms with Crippen LogP contribution in [0.2, 0.25) is 0 Å². The minimum absolute atomic E-state index is 0.0275. The molecule has 6 nitrogen and oxygen atoms in total. The summed E-state index contributed by atoms with van der Waals surface area (Å²) in [6.07, 6.45) is 8.66. The maximum atomic E-state index is 11.7. The number of nitrogens with one attached hydrogen (secondary N) is 1. The lowest BCUT2D eigenvalue weighted by Gasteiger charge is -2.26. The summed E-state index contributed by atoms with van der Waals surface area (Å²) in [7, 11) is -2.89. The van der Waals surface area contributed by atoms with Crippen molar-refractivity contribution in [1.29, 1.82) is 0 Å². The summed E-state index contributed by atoms with van der Waals surface area (Å²) in [5.41, 5.74) is 0. The lowest BCUT2D eigenvalue weighted by Crippen LogP contribution is -2.46. The van der Waals surface area contributed by atoms with Crippen LogP contribution in [0.4, 0.5) is 0 Å². The van der Waals surface area contributed by atoms with Crippen molar-refractivity contribution in [3.8, 4) is 0 Å². The summed E-state index contributed by atoms with van der Waals surface area (Å²) in [6.45, 7) is 0.546. The minimum Gasteiger partial charge on any atom is -0.314 e. The molecular weight excluding hydrogens is 276 g/mol. The number of hydrogen-bond donors (Lipinski definition) is 1. The van der Waals surface area contributed by atoms with Gasteiger partial charge in [-0.3, -0.25) is 0 Å². The maximum absolute atomic E-state index is 11.7. The standard InChI is InChI=1S/C13H22N4O2S/c18-20(19)7-6-14-11(9-20)8-13-16-15-10-17(13)12-4-2-1-3-5-12/h10-12,14H,1-9H2. The van der Waals surface area contributed by atoms with Crippen molar-refractivity contribution >= 4 is 9.84 Å². The third-order valence-electron chi connectivity index (χ3n) is 4.35. The first kappa shape index (κ1) is 14.0. The zero-order valence-corrected chi connectivity index (χ0v) is 12.5. The van der Waals surface area contributed by atoms with Crippen molar-refractivity contribution in [3.05, 3.63) is 12.2 Å². The van der Waals surface area contributed by atoms with Crippen molar-refractivity contribution < 1.29 is 8.42 Å². The summed E-state index contributed by atoms with van der Waals surface area (Å²) >= 11 is 0. The van der Waals surface area contributed by atoms with Gasteiger partial charge >= 0.3 is 0 Å². The highest BCUT2D eigenvalue weighted by molar-refractivity contribution is 7.91. The summed E-state index contributed by atoms with van der Waals surface area (Å²) in [5, 5.41) is 11.5. The second kappa shape index (κ2) is 5.81. The Kier molecular flexibility index (Phi) is 4.07. The van der Waals surface area contributed by atoms with E-state index in [4.69, 9.17) is 0 Å². The van der Waals surface area contributed by atoms with Gasteiger partial charge in [-0.1, -0.05) is 19.3 Å². The van der Waals surface area contributed by atoms with Crippen molar-refractivity contribution in [2.45, 2.75) is 50.6 Å². The number of hydrogen-bond acceptors (Lipinski definition) is 5. The predicted octanol–water partition coefficient (Wildman–Crippen LogP) is 0.712. The Morgan fingerprint density at radius 2 is 2.10 bits per heavy atom. The Hall–Kier alpha value is -0.950. The third-order valence-corrected chi connectivity index (χ3v) is 6.08. The van der Waals surface area contributed by atoms with Crippen LogP contribution in [0.1, 0.15) is 44.0 Å². The van der Waals surface area contributed by atoms with E-state index in [2.05, 4.69) is 20.1 Å². The summed E-state index contributed by atoms with van der Waals surface area (Å²) in [6, 6.07) is 0.467. The fraction of sp³-hybridized carbons (Fsp3) is 0.846. The molecule has 1 aromatic rings. The van der Waals surface area contributed by atoms with E-state index in [0.717, 1.165) is 5.82 Å². The van der Waals surface area contributed by atoms with Gasteiger partial charge in [-0.2, -0.15) is 0 Å². The molecule has 1 aliphatic carbocycles. The van der Waals surface area contributed by atoms with Gasteiger partial charge in [-0.15, -0.1) is 10.2 Å². The average molecular weight is 298 g/mol. The summed E-state index contributed by atoms with van der Waals surface area (Å²) in [5.74, 6) is 1.38. The molecule has 1 saturated carbocycles. The number of rotatable bonds is 3. The van der Waals surface area contributed by atoms with Crippen molar-refractivity contribution in [3.63, 3.8) is 0 Å². The molecule has 0 amide bonds. The summed E-state index contributed by atoms with van der Waals surface area (Å²) < 4.78 is 25.6. The van der Waals surface area contributed by atoms with Crippen LogP contribution in [0, 0.1) is 0 Å². The van der Waals surface area contributed by atoms with Crippen LogP contribution in [0.3, 0.4) is 0 Å². The maximum Gasteiger partial charge on any atom is 0.153 e. The first-order chi connectivity index (χ1) is 9.64. The molecule has 2 aliphatic rings. The van der Waals surface area contributed by atoms with E-state index in [0.29, 0.717) is 19.0 Å². The molecular formula is C13H22N4O2S. The molecule has 7 heteroatoms. The number of sulfone groups is 1. The van der Waals surface area contributed by atoms with E-state index in [-0.39, 0.29) is 17.5 Å². The van der Waals surface area contributed by atoms with Crippen LogP contribution >= 0.6 is 0 Å². The van der Waals surface area contributed by atoms with E-state index in [1.165, 1.54) is 32.1 Å². The summed E-state index contributed by atoms with van der Waals surface area (Å²) in [4.78, 5) is 0. The Morgan fingerprint density at radius 3 is 2.85 bits per heavy atom. The normalized spacial score (nSPS) is 27.5. The second-order valence-corrected chi connectivity index (χ2v) is 8.14. The quantitative estimate of drug-likeness (QED) is 0.889. The Balaban J connectivity index is 1.70. The van der Waals surface area contributed by atoms with E-state index in [9.17, 15) is 8.42 Å². The number of aromatic nitrogens is 3. The average Bonchev–Trinajstić information content (AvgIpc) is 2.87. The molecule has 0 bridgehead atoms. The highest BCUT2D eigenvalue weighted by Gasteiger charge is 2.27. The van der Waals surface area contributed by atoms with Crippen LogP contribution in [-0.4, -0.2) is 47.3 Å².